The standard InChI is InChI=1S/C31H33N5O4.C4H10O.C2H6/c1-20-6-5-15-39-31(3)10-13-35(14-11-31)30-24(17-29(37)38)21(2)33-28-18-26(34-36(28)30)23-8-4-7-22(16-23)25-19-32-12-9-27(25)40-20;1-4(2,3)5;1-2/h4-9,12,16,18-20H,10-11,13-15,17H2,1-3H3,(H,37,38);5H,1-3H3;1-2H3/b6-5+;;. The lowest BCUT2D eigenvalue weighted by atomic mass is 9.93. The van der Waals surface area contributed by atoms with Crippen molar-refractivity contribution in [1.82, 2.24) is 19.6 Å². The van der Waals surface area contributed by atoms with Crippen LogP contribution in [-0.2, 0) is 16.0 Å². The zero-order chi connectivity index (χ0) is 34.4. The van der Waals surface area contributed by atoms with E-state index in [0.29, 0.717) is 23.5 Å². The summed E-state index contributed by atoms with van der Waals surface area (Å²) in [5.74, 6) is 0.648. The highest BCUT2D eigenvalue weighted by Crippen LogP contribution is 2.35. The molecule has 6 bridgehead atoms. The number of pyridine rings is 1. The summed E-state index contributed by atoms with van der Waals surface area (Å²) in [6.07, 6.45) is 8.92. The fourth-order valence-corrected chi connectivity index (χ4v) is 5.58. The topological polar surface area (TPSA) is 122 Å². The smallest absolute Gasteiger partial charge is 0.308 e. The zero-order valence-corrected chi connectivity index (χ0v) is 28.9. The number of aryl methyl sites for hydroxylation is 1. The summed E-state index contributed by atoms with van der Waals surface area (Å²) in [5, 5.41) is 23.2. The number of piperidine rings is 1. The Morgan fingerprint density at radius 1 is 1.11 bits per heavy atom. The van der Waals surface area contributed by atoms with E-state index in [-0.39, 0.29) is 18.1 Å². The van der Waals surface area contributed by atoms with E-state index in [1.807, 2.05) is 80.9 Å². The number of aliphatic hydroxyl groups is 1. The van der Waals surface area contributed by atoms with Crippen LogP contribution in [0.3, 0.4) is 0 Å². The number of aliphatic carboxylic acids is 1. The first kappa shape index (κ1) is 35.6. The molecule has 4 aromatic rings. The SMILES string of the molecule is CC.CC(C)(C)O.Cc1nc2cc3nn2c(c1CC(=O)O)N1CCC(C)(CC1)OC/C=C/C(C)Oc1ccncc1-c1cccc-3c1. The number of nitrogens with zero attached hydrogens (tertiary/aromatic N) is 5. The highest BCUT2D eigenvalue weighted by molar-refractivity contribution is 5.77. The number of benzene rings is 1. The highest BCUT2D eigenvalue weighted by Gasteiger charge is 2.33. The van der Waals surface area contributed by atoms with Gasteiger partial charge in [-0.25, -0.2) is 4.98 Å². The average molecular weight is 644 g/mol. The molecule has 1 unspecified atom stereocenters. The number of hydrogen-bond acceptors (Lipinski definition) is 8. The van der Waals surface area contributed by atoms with E-state index in [1.165, 1.54) is 0 Å². The van der Waals surface area contributed by atoms with Gasteiger partial charge in [0.15, 0.2) is 5.65 Å². The Morgan fingerprint density at radius 3 is 2.47 bits per heavy atom. The second kappa shape index (κ2) is 15.1. The van der Waals surface area contributed by atoms with Crippen molar-refractivity contribution in [3.63, 3.8) is 0 Å². The van der Waals surface area contributed by atoms with Crippen LogP contribution in [0, 0.1) is 6.92 Å². The van der Waals surface area contributed by atoms with Gasteiger partial charge < -0.3 is 24.6 Å². The Kier molecular flexibility index (Phi) is 11.4. The van der Waals surface area contributed by atoms with Crippen molar-refractivity contribution in [1.29, 1.82) is 0 Å². The molecule has 0 aliphatic carbocycles. The molecule has 252 valence electrons. The van der Waals surface area contributed by atoms with Crippen LogP contribution in [0.5, 0.6) is 5.75 Å². The third-order valence-electron chi connectivity index (χ3n) is 7.83. The number of fused-ring (bicyclic) bond motifs is 6. The summed E-state index contributed by atoms with van der Waals surface area (Å²) in [6, 6.07) is 12.0. The summed E-state index contributed by atoms with van der Waals surface area (Å²) < 4.78 is 14.5. The molecule has 47 heavy (non-hydrogen) atoms. The zero-order valence-electron chi connectivity index (χ0n) is 28.9. The number of carboxylic acids is 1. The van der Waals surface area contributed by atoms with E-state index >= 15 is 0 Å². The second-order valence-electron chi connectivity index (χ2n) is 13.0. The molecule has 0 saturated carbocycles. The van der Waals surface area contributed by atoms with Crippen LogP contribution in [0.4, 0.5) is 5.82 Å². The molecule has 1 atom stereocenters. The first-order valence-electron chi connectivity index (χ1n) is 16.4. The van der Waals surface area contributed by atoms with Gasteiger partial charge in [-0.2, -0.15) is 9.61 Å². The number of ether oxygens (including phenoxy) is 2. The summed E-state index contributed by atoms with van der Waals surface area (Å²) in [4.78, 5) is 23.2. The van der Waals surface area contributed by atoms with Gasteiger partial charge in [0.1, 0.15) is 17.7 Å². The predicted molar refractivity (Wildman–Crippen MR) is 186 cm³/mol. The normalized spacial score (nSPS) is 19.9. The Morgan fingerprint density at radius 2 is 1.79 bits per heavy atom. The molecule has 6 heterocycles. The minimum absolute atomic E-state index is 0.119. The summed E-state index contributed by atoms with van der Waals surface area (Å²) in [6.45, 7) is 17.2. The number of carbonyl (C=O) groups is 1. The van der Waals surface area contributed by atoms with E-state index in [2.05, 4.69) is 22.9 Å². The fraction of sp³-hybridized carbons (Fsp3) is 0.459. The van der Waals surface area contributed by atoms with Gasteiger partial charge in [0.05, 0.1) is 29.9 Å². The monoisotopic (exact) mass is 643 g/mol. The largest absolute Gasteiger partial charge is 0.486 e. The molecule has 0 radical (unpaired) electrons. The third kappa shape index (κ3) is 9.17. The molecule has 3 aliphatic heterocycles. The van der Waals surface area contributed by atoms with Gasteiger partial charge in [0, 0.05) is 53.9 Å². The van der Waals surface area contributed by atoms with Crippen molar-refractivity contribution in [2.75, 3.05) is 24.6 Å². The molecule has 10 heteroatoms. The minimum Gasteiger partial charge on any atom is -0.486 e. The molecule has 7 rings (SSSR count). The average Bonchev–Trinajstić information content (AvgIpc) is 3.44. The summed E-state index contributed by atoms with van der Waals surface area (Å²) in [5.41, 5.74) is 4.82. The summed E-state index contributed by atoms with van der Waals surface area (Å²) >= 11 is 0. The lowest BCUT2D eigenvalue weighted by Gasteiger charge is -2.40. The van der Waals surface area contributed by atoms with Crippen LogP contribution in [-0.4, -0.2) is 72.8 Å². The van der Waals surface area contributed by atoms with Gasteiger partial charge in [0.25, 0.3) is 0 Å². The second-order valence-corrected chi connectivity index (χ2v) is 13.0. The molecule has 0 amide bonds. The van der Waals surface area contributed by atoms with Crippen LogP contribution in [0.25, 0.3) is 28.0 Å². The molecule has 1 aromatic carbocycles. The van der Waals surface area contributed by atoms with Crippen LogP contribution >= 0.6 is 0 Å². The van der Waals surface area contributed by atoms with Crippen LogP contribution in [0.2, 0.25) is 0 Å². The number of anilines is 1. The molecule has 3 aliphatic rings. The van der Waals surface area contributed by atoms with Crippen LogP contribution < -0.4 is 9.64 Å². The van der Waals surface area contributed by atoms with E-state index in [0.717, 1.165) is 59.9 Å². The molecule has 2 N–H and O–H groups in total. The Bertz CT molecular complexity index is 1690. The number of aromatic nitrogens is 4. The maximum Gasteiger partial charge on any atom is 0.308 e. The molecule has 0 spiro atoms. The minimum atomic E-state index is -0.892. The van der Waals surface area contributed by atoms with E-state index in [1.54, 1.807) is 27.0 Å². The maximum absolute atomic E-state index is 11.9. The predicted octanol–water partition coefficient (Wildman–Crippen LogP) is 6.91. The number of rotatable bonds is 2. The van der Waals surface area contributed by atoms with Crippen molar-refractivity contribution in [2.45, 2.75) is 92.0 Å². The van der Waals surface area contributed by atoms with Gasteiger partial charge in [0.2, 0.25) is 0 Å². The van der Waals surface area contributed by atoms with Gasteiger partial charge in [-0.05, 0) is 78.2 Å². The number of carboxylic acid groups (broad SMARTS) is 1. The summed E-state index contributed by atoms with van der Waals surface area (Å²) in [7, 11) is 0. The fourth-order valence-electron chi connectivity index (χ4n) is 5.58. The van der Waals surface area contributed by atoms with Gasteiger partial charge in [-0.3, -0.25) is 9.78 Å². The lowest BCUT2D eigenvalue weighted by molar-refractivity contribution is -0.136. The maximum atomic E-state index is 11.9. The van der Waals surface area contributed by atoms with Crippen molar-refractivity contribution in [3.8, 4) is 28.1 Å². The van der Waals surface area contributed by atoms with Crippen molar-refractivity contribution in [2.24, 2.45) is 0 Å². The molecule has 1 saturated heterocycles. The molecule has 1 fully saturated rings. The van der Waals surface area contributed by atoms with Crippen molar-refractivity contribution >= 4 is 17.4 Å². The third-order valence-corrected chi connectivity index (χ3v) is 7.83. The quantitative estimate of drug-likeness (QED) is 0.224. The first-order chi connectivity index (χ1) is 22.3. The van der Waals surface area contributed by atoms with Gasteiger partial charge in [-0.1, -0.05) is 38.1 Å². The lowest BCUT2D eigenvalue weighted by Crippen LogP contribution is -2.45. The van der Waals surface area contributed by atoms with Crippen LogP contribution in [0.1, 0.15) is 72.6 Å². The number of hydrogen-bond donors (Lipinski definition) is 2. The molecular weight excluding hydrogens is 594 g/mol. The van der Waals surface area contributed by atoms with Gasteiger partial charge >= 0.3 is 5.97 Å². The van der Waals surface area contributed by atoms with E-state index in [4.69, 9.17) is 24.7 Å². The Hall–Kier alpha value is -4.28. The van der Waals surface area contributed by atoms with Crippen molar-refractivity contribution < 1.29 is 24.5 Å². The van der Waals surface area contributed by atoms with Crippen molar-refractivity contribution in [3.05, 3.63) is 72.2 Å². The van der Waals surface area contributed by atoms with E-state index in [9.17, 15) is 9.90 Å². The van der Waals surface area contributed by atoms with Gasteiger partial charge in [-0.15, -0.1) is 0 Å². The van der Waals surface area contributed by atoms with Crippen LogP contribution in [0.15, 0.2) is 60.9 Å². The molecule has 3 aromatic heterocycles. The molecule has 10 nitrogen and oxygen atoms in total. The van der Waals surface area contributed by atoms with E-state index < -0.39 is 11.6 Å². The highest BCUT2D eigenvalue weighted by atomic mass is 16.5. The first-order valence-corrected chi connectivity index (χ1v) is 16.4. The Balaban J connectivity index is 0.000000655. The molecular formula is C37H49N5O5. The Labute approximate surface area is 278 Å².